The normalized spacial score (nSPS) is 12.1. The molecular formula is C29H13N3O3. The van der Waals surface area contributed by atoms with Crippen molar-refractivity contribution < 1.29 is 14.7 Å². The van der Waals surface area contributed by atoms with Crippen LogP contribution < -0.4 is 9.91 Å². The molecule has 0 saturated heterocycles. The number of carboxylic acid groups (broad SMARTS) is 1. The molecule has 1 aliphatic rings. The smallest absolute Gasteiger partial charge is 0.357 e. The molecule has 0 aliphatic carbocycles. The molecule has 1 heterocycles. The van der Waals surface area contributed by atoms with E-state index in [-0.39, 0.29) is 11.3 Å². The third-order valence-corrected chi connectivity index (χ3v) is 4.27. The third-order valence-electron chi connectivity index (χ3n) is 4.27. The average Bonchev–Trinajstić information content (AvgIpc) is 3.20. The highest BCUT2D eigenvalue weighted by molar-refractivity contribution is 6.53. The minimum Gasteiger partial charge on any atom is -0.476 e. The third kappa shape index (κ3) is 6.01. The second-order valence-corrected chi connectivity index (χ2v) is 6.45. The van der Waals surface area contributed by atoms with Crippen LogP contribution in [0.3, 0.4) is 0 Å². The molecule has 0 aromatic heterocycles. The van der Waals surface area contributed by atoms with Crippen molar-refractivity contribution in [2.75, 3.05) is 9.91 Å². The van der Waals surface area contributed by atoms with Crippen LogP contribution in [0.1, 0.15) is 5.56 Å². The van der Waals surface area contributed by atoms with Crippen molar-refractivity contribution in [1.82, 2.24) is 0 Å². The molecule has 6 nitrogen and oxygen atoms in total. The van der Waals surface area contributed by atoms with Crippen LogP contribution in [0.5, 0.6) is 0 Å². The van der Waals surface area contributed by atoms with Gasteiger partial charge in [-0.2, -0.15) is 10.1 Å². The van der Waals surface area contributed by atoms with Gasteiger partial charge in [-0.25, -0.2) is 9.69 Å². The first-order chi connectivity index (χ1) is 17.0. The van der Waals surface area contributed by atoms with Gasteiger partial charge in [0.25, 0.3) is 5.91 Å². The number of carboxylic acids is 1. The second kappa shape index (κ2) is 11.5. The van der Waals surface area contributed by atoms with Crippen molar-refractivity contribution in [2.45, 2.75) is 0 Å². The molecule has 0 fully saturated rings. The Hall–Kier alpha value is -6.05. The minimum atomic E-state index is -1.31. The van der Waals surface area contributed by atoms with Crippen molar-refractivity contribution in [3.8, 4) is 72.3 Å². The number of para-hydroxylation sites is 1. The summed E-state index contributed by atoms with van der Waals surface area (Å²) >= 11 is 0. The molecule has 0 unspecified atom stereocenters. The quantitative estimate of drug-likeness (QED) is 0.441. The monoisotopic (exact) mass is 451 g/mol. The van der Waals surface area contributed by atoms with E-state index in [0.29, 0.717) is 16.9 Å². The first-order valence-corrected chi connectivity index (χ1v) is 9.81. The lowest BCUT2D eigenvalue weighted by molar-refractivity contribution is -0.129. The lowest BCUT2D eigenvalue weighted by Gasteiger charge is -2.11. The standard InChI is InChI=1S/C29H13N3O3/c1-3-5-7-12-20-31(21-13-8-6-4-2)24-18-16-23(17-19-24)22-26-27(29(34)35)30-32(28(26)33)25-14-10-9-11-15-25/h1-2,9-11,14-19,22H,(H,34,35)/b26-22-. The fourth-order valence-corrected chi connectivity index (χ4v) is 2.79. The summed E-state index contributed by atoms with van der Waals surface area (Å²) in [5.41, 5.74) is 1.22. The minimum absolute atomic E-state index is 0.0420. The number of amides is 1. The molecule has 162 valence electrons. The van der Waals surface area contributed by atoms with Gasteiger partial charge in [0.2, 0.25) is 0 Å². The van der Waals surface area contributed by atoms with Crippen LogP contribution >= 0.6 is 0 Å². The molecule has 2 aromatic carbocycles. The van der Waals surface area contributed by atoms with Gasteiger partial charge in [-0.3, -0.25) is 4.79 Å². The largest absolute Gasteiger partial charge is 0.476 e. The summed E-state index contributed by atoms with van der Waals surface area (Å²) in [6.07, 6.45) is 11.6. The van der Waals surface area contributed by atoms with Gasteiger partial charge in [-0.1, -0.05) is 30.3 Å². The van der Waals surface area contributed by atoms with Crippen molar-refractivity contribution in [3.63, 3.8) is 0 Å². The van der Waals surface area contributed by atoms with Crippen LogP contribution in [0.25, 0.3) is 6.08 Å². The molecule has 0 atom stereocenters. The summed E-state index contributed by atoms with van der Waals surface area (Å²) in [4.78, 5) is 26.0. The summed E-state index contributed by atoms with van der Waals surface area (Å²) in [5, 5.41) is 14.6. The van der Waals surface area contributed by atoms with Gasteiger partial charge in [0.15, 0.2) is 5.71 Å². The van der Waals surface area contributed by atoms with Crippen molar-refractivity contribution in [2.24, 2.45) is 5.10 Å². The molecular weight excluding hydrogens is 438 g/mol. The number of hydrogen-bond acceptors (Lipinski definition) is 4. The van der Waals surface area contributed by atoms with Gasteiger partial charge in [0.1, 0.15) is 0 Å². The van der Waals surface area contributed by atoms with E-state index in [2.05, 4.69) is 64.6 Å². The summed E-state index contributed by atoms with van der Waals surface area (Å²) < 4.78 is 0. The molecule has 3 rings (SSSR count). The van der Waals surface area contributed by atoms with Gasteiger partial charge in [-0.05, 0) is 59.6 Å². The average molecular weight is 451 g/mol. The van der Waals surface area contributed by atoms with Crippen molar-refractivity contribution in [3.05, 3.63) is 65.7 Å². The van der Waals surface area contributed by atoms with E-state index in [0.717, 1.165) is 5.01 Å². The molecule has 0 radical (unpaired) electrons. The van der Waals surface area contributed by atoms with E-state index >= 15 is 0 Å². The Balaban J connectivity index is 1.93. The first kappa shape index (κ1) is 23.6. The van der Waals surface area contributed by atoms with Gasteiger partial charge in [0, 0.05) is 35.8 Å². The number of nitrogens with zero attached hydrogens (tertiary/aromatic N) is 3. The van der Waals surface area contributed by atoms with Crippen LogP contribution in [-0.4, -0.2) is 22.7 Å². The zero-order valence-electron chi connectivity index (χ0n) is 18.0. The summed E-state index contributed by atoms with van der Waals surface area (Å²) in [7, 11) is 0. The van der Waals surface area contributed by atoms with E-state index in [1.54, 1.807) is 54.6 Å². The topological polar surface area (TPSA) is 73.2 Å². The molecule has 0 saturated carbocycles. The van der Waals surface area contributed by atoms with E-state index in [1.807, 2.05) is 0 Å². The predicted octanol–water partition coefficient (Wildman–Crippen LogP) is 2.56. The highest BCUT2D eigenvalue weighted by Crippen LogP contribution is 2.25. The maximum Gasteiger partial charge on any atom is 0.357 e. The van der Waals surface area contributed by atoms with Gasteiger partial charge >= 0.3 is 5.97 Å². The zero-order chi connectivity index (χ0) is 25.0. The highest BCUT2D eigenvalue weighted by atomic mass is 16.4. The Labute approximate surface area is 202 Å². The molecule has 0 bridgehead atoms. The number of terminal acetylenes is 2. The Morgan fingerprint density at radius 3 is 2.03 bits per heavy atom. The molecule has 1 N–H and O–H groups in total. The number of hydrazone groups is 1. The first-order valence-electron chi connectivity index (χ1n) is 9.81. The molecule has 2 aromatic rings. The van der Waals surface area contributed by atoms with Crippen LogP contribution in [0, 0.1) is 72.3 Å². The highest BCUT2D eigenvalue weighted by Gasteiger charge is 2.35. The number of hydrogen-bond donors (Lipinski definition) is 1. The maximum absolute atomic E-state index is 12.9. The summed E-state index contributed by atoms with van der Waals surface area (Å²) in [5.74, 6) is 17.4. The van der Waals surface area contributed by atoms with Crippen LogP contribution in [0.4, 0.5) is 11.4 Å². The number of rotatable bonds is 4. The van der Waals surface area contributed by atoms with Crippen LogP contribution in [0.15, 0.2) is 65.3 Å². The fourth-order valence-electron chi connectivity index (χ4n) is 2.79. The van der Waals surface area contributed by atoms with Crippen molar-refractivity contribution in [1.29, 1.82) is 0 Å². The lowest BCUT2D eigenvalue weighted by Crippen LogP contribution is -2.22. The van der Waals surface area contributed by atoms with E-state index < -0.39 is 11.9 Å². The van der Waals surface area contributed by atoms with E-state index in [1.165, 1.54) is 11.0 Å². The molecule has 6 heteroatoms. The molecule has 0 spiro atoms. The summed E-state index contributed by atoms with van der Waals surface area (Å²) in [6, 6.07) is 20.8. The predicted molar refractivity (Wildman–Crippen MR) is 135 cm³/mol. The number of benzene rings is 2. The second-order valence-electron chi connectivity index (χ2n) is 6.45. The van der Waals surface area contributed by atoms with Crippen LogP contribution in [0.2, 0.25) is 0 Å². The van der Waals surface area contributed by atoms with Gasteiger partial charge < -0.3 is 5.11 Å². The molecule has 35 heavy (non-hydrogen) atoms. The van der Waals surface area contributed by atoms with Gasteiger partial charge in [-0.15, -0.1) is 12.8 Å². The van der Waals surface area contributed by atoms with Gasteiger partial charge in [0.05, 0.1) is 16.9 Å². The van der Waals surface area contributed by atoms with E-state index in [9.17, 15) is 14.7 Å². The van der Waals surface area contributed by atoms with Crippen molar-refractivity contribution >= 4 is 35.0 Å². The zero-order valence-corrected chi connectivity index (χ0v) is 18.0. The molecule has 1 aliphatic heterocycles. The van der Waals surface area contributed by atoms with E-state index in [4.69, 9.17) is 12.8 Å². The Morgan fingerprint density at radius 1 is 0.886 bits per heavy atom. The van der Waals surface area contributed by atoms with Crippen LogP contribution in [-0.2, 0) is 9.59 Å². The number of anilines is 2. The lowest BCUT2D eigenvalue weighted by atomic mass is 10.1. The maximum atomic E-state index is 12.9. The Bertz CT molecular complexity index is 1520. The number of carbonyl (C=O) groups is 2. The Kier molecular flexibility index (Phi) is 7.78. The SMILES string of the molecule is C#CC#CC#CN(C#CC#CC#C)c1ccc(/C=C2\C(=O)N(c3ccccc3)N=C2C(=O)O)cc1. The number of carbonyl (C=O) groups excluding carboxylic acids is 1. The summed E-state index contributed by atoms with van der Waals surface area (Å²) in [6.45, 7) is 0. The Morgan fingerprint density at radius 2 is 1.49 bits per heavy atom. The molecule has 1 amide bonds. The fraction of sp³-hybridized carbons (Fsp3) is 0. The number of aliphatic carboxylic acids is 1.